The van der Waals surface area contributed by atoms with Crippen LogP contribution in [0.2, 0.25) is 10.0 Å². The van der Waals surface area contributed by atoms with E-state index in [2.05, 4.69) is 16.4 Å². The molecule has 0 aliphatic carbocycles. The second-order valence-electron chi connectivity index (χ2n) is 5.20. The van der Waals surface area contributed by atoms with E-state index < -0.39 is 0 Å². The molecule has 0 unspecified atom stereocenters. The van der Waals surface area contributed by atoms with Gasteiger partial charge in [-0.2, -0.15) is 5.26 Å². The molecule has 0 saturated heterocycles. The molecule has 2 N–H and O–H groups in total. The molecule has 3 rings (SSSR count). The van der Waals surface area contributed by atoms with E-state index in [1.807, 2.05) is 6.92 Å². The molecule has 1 atom stereocenters. The van der Waals surface area contributed by atoms with Crippen molar-refractivity contribution in [1.82, 2.24) is 10.3 Å². The maximum Gasteiger partial charge on any atom is 0.227 e. The van der Waals surface area contributed by atoms with Crippen LogP contribution in [0.15, 0.2) is 6.07 Å². The van der Waals surface area contributed by atoms with Crippen molar-refractivity contribution in [3.05, 3.63) is 32.9 Å². The molecule has 4 nitrogen and oxygen atoms in total. The fourth-order valence-electron chi connectivity index (χ4n) is 2.97. The van der Waals surface area contributed by atoms with E-state index in [4.69, 9.17) is 28.5 Å². The van der Waals surface area contributed by atoms with Gasteiger partial charge in [0.1, 0.15) is 0 Å². The Labute approximate surface area is 132 Å². The molecule has 6 heteroatoms. The summed E-state index contributed by atoms with van der Waals surface area (Å²) < 4.78 is 0. The lowest BCUT2D eigenvalue weighted by Crippen LogP contribution is -2.26. The number of rotatable bonds is 1. The van der Waals surface area contributed by atoms with Crippen molar-refractivity contribution in [3.8, 4) is 6.07 Å². The van der Waals surface area contributed by atoms with Crippen LogP contribution in [0, 0.1) is 11.3 Å². The van der Waals surface area contributed by atoms with Crippen LogP contribution in [0.5, 0.6) is 0 Å². The standard InChI is InChI=1S/C15H13Cl2N3O/c1-7-11-10(3-5-19-15(7)21)20-14-12(11)8(2-4-18)6-9(16)13(14)17/h6-7,20H,2-3,5H2,1H3,(H,19,21)/t7-/m0/s1. The summed E-state index contributed by atoms with van der Waals surface area (Å²) in [6.45, 7) is 2.45. The van der Waals surface area contributed by atoms with Crippen molar-refractivity contribution in [1.29, 1.82) is 5.26 Å². The predicted molar refractivity (Wildman–Crippen MR) is 82.8 cm³/mol. The molecule has 0 fully saturated rings. The number of nitriles is 1. The van der Waals surface area contributed by atoms with Crippen LogP contribution in [-0.4, -0.2) is 17.4 Å². The molecule has 0 bridgehead atoms. The largest absolute Gasteiger partial charge is 0.357 e. The maximum absolute atomic E-state index is 12.1. The number of benzene rings is 1. The normalized spacial score (nSPS) is 18.0. The van der Waals surface area contributed by atoms with Gasteiger partial charge in [0, 0.05) is 24.0 Å². The van der Waals surface area contributed by atoms with Crippen molar-refractivity contribution in [3.63, 3.8) is 0 Å². The number of hydrogen-bond donors (Lipinski definition) is 2. The fraction of sp³-hybridized carbons (Fsp3) is 0.333. The number of nitrogens with zero attached hydrogens (tertiary/aromatic N) is 1. The highest BCUT2D eigenvalue weighted by atomic mass is 35.5. The molecule has 2 aromatic rings. The molecular formula is C15H13Cl2N3O. The van der Waals surface area contributed by atoms with E-state index in [0.717, 1.165) is 27.7 Å². The summed E-state index contributed by atoms with van der Waals surface area (Å²) in [5.74, 6) is -0.297. The summed E-state index contributed by atoms with van der Waals surface area (Å²) in [5, 5.41) is 13.6. The molecule has 0 spiro atoms. The Bertz CT molecular complexity index is 789. The van der Waals surface area contributed by atoms with E-state index in [9.17, 15) is 4.79 Å². The number of halogens is 2. The number of aromatic amines is 1. The van der Waals surface area contributed by atoms with Gasteiger partial charge in [0.25, 0.3) is 0 Å². The molecule has 108 valence electrons. The van der Waals surface area contributed by atoms with E-state index in [-0.39, 0.29) is 18.2 Å². The van der Waals surface area contributed by atoms with Gasteiger partial charge < -0.3 is 10.3 Å². The lowest BCUT2D eigenvalue weighted by Gasteiger charge is -2.11. The first-order valence-corrected chi connectivity index (χ1v) is 7.46. The van der Waals surface area contributed by atoms with Crippen LogP contribution >= 0.6 is 23.2 Å². The highest BCUT2D eigenvalue weighted by Crippen LogP contribution is 2.40. The number of H-pyrrole nitrogens is 1. The van der Waals surface area contributed by atoms with Crippen LogP contribution < -0.4 is 5.32 Å². The van der Waals surface area contributed by atoms with Gasteiger partial charge in [-0.25, -0.2) is 0 Å². The molecule has 1 aromatic carbocycles. The van der Waals surface area contributed by atoms with Crippen molar-refractivity contribution in [2.24, 2.45) is 0 Å². The first kappa shape index (κ1) is 14.2. The minimum absolute atomic E-state index is 0.0105. The first-order valence-electron chi connectivity index (χ1n) is 6.70. The summed E-state index contributed by atoms with van der Waals surface area (Å²) >= 11 is 12.4. The second-order valence-corrected chi connectivity index (χ2v) is 5.98. The fourth-order valence-corrected chi connectivity index (χ4v) is 3.39. The number of carbonyl (C=O) groups excluding carboxylic acids is 1. The molecule has 2 heterocycles. The average Bonchev–Trinajstić information content (AvgIpc) is 2.77. The lowest BCUT2D eigenvalue weighted by molar-refractivity contribution is -0.121. The molecule has 21 heavy (non-hydrogen) atoms. The van der Waals surface area contributed by atoms with E-state index in [0.29, 0.717) is 23.0 Å². The SMILES string of the molecule is C[C@@H]1C(=O)NCCc2[nH]c3c(Cl)c(Cl)cc(CC#N)c3c21. The minimum Gasteiger partial charge on any atom is -0.357 e. The van der Waals surface area contributed by atoms with Crippen LogP contribution in [0.1, 0.15) is 29.7 Å². The lowest BCUT2D eigenvalue weighted by atomic mass is 9.93. The minimum atomic E-state index is -0.286. The average molecular weight is 322 g/mol. The number of hydrogen-bond acceptors (Lipinski definition) is 2. The van der Waals surface area contributed by atoms with Gasteiger partial charge in [-0.1, -0.05) is 23.2 Å². The zero-order chi connectivity index (χ0) is 15.1. The molecule has 0 saturated carbocycles. The number of nitrogens with one attached hydrogen (secondary N) is 2. The number of amides is 1. The van der Waals surface area contributed by atoms with Crippen LogP contribution in [-0.2, 0) is 17.6 Å². The van der Waals surface area contributed by atoms with Gasteiger partial charge in [0.2, 0.25) is 5.91 Å². The molecule has 1 amide bonds. The Morgan fingerprint density at radius 3 is 2.95 bits per heavy atom. The van der Waals surface area contributed by atoms with Gasteiger partial charge >= 0.3 is 0 Å². The van der Waals surface area contributed by atoms with Gasteiger partial charge in [-0.05, 0) is 24.1 Å². The Hall–Kier alpha value is -1.70. The van der Waals surface area contributed by atoms with Crippen molar-refractivity contribution < 1.29 is 4.79 Å². The maximum atomic E-state index is 12.1. The summed E-state index contributed by atoms with van der Waals surface area (Å²) in [7, 11) is 0. The van der Waals surface area contributed by atoms with Crippen molar-refractivity contribution >= 4 is 40.0 Å². The second kappa shape index (κ2) is 5.25. The first-order chi connectivity index (χ1) is 10.0. The molecule has 1 aliphatic rings. The summed E-state index contributed by atoms with van der Waals surface area (Å²) in [4.78, 5) is 15.4. The Kier molecular flexibility index (Phi) is 3.56. The predicted octanol–water partition coefficient (Wildman–Crippen LogP) is 3.32. The number of fused-ring (bicyclic) bond motifs is 3. The number of aromatic nitrogens is 1. The van der Waals surface area contributed by atoms with Crippen molar-refractivity contribution in [2.75, 3.05) is 6.54 Å². The van der Waals surface area contributed by atoms with Gasteiger partial charge in [0.05, 0.1) is 34.0 Å². The third-order valence-electron chi connectivity index (χ3n) is 3.94. The Balaban J connectivity index is 2.39. The summed E-state index contributed by atoms with van der Waals surface area (Å²) in [6, 6.07) is 3.87. The summed E-state index contributed by atoms with van der Waals surface area (Å²) in [5.41, 5.74) is 3.45. The molecule has 1 aliphatic heterocycles. The Morgan fingerprint density at radius 2 is 2.24 bits per heavy atom. The van der Waals surface area contributed by atoms with Crippen LogP contribution in [0.4, 0.5) is 0 Å². The molecule has 1 aromatic heterocycles. The van der Waals surface area contributed by atoms with Gasteiger partial charge in [0.15, 0.2) is 0 Å². The zero-order valence-electron chi connectivity index (χ0n) is 11.4. The smallest absolute Gasteiger partial charge is 0.227 e. The zero-order valence-corrected chi connectivity index (χ0v) is 12.9. The van der Waals surface area contributed by atoms with E-state index in [1.165, 1.54) is 0 Å². The highest BCUT2D eigenvalue weighted by Gasteiger charge is 2.28. The third-order valence-corrected chi connectivity index (χ3v) is 4.73. The molecule has 0 radical (unpaired) electrons. The van der Waals surface area contributed by atoms with Gasteiger partial charge in [-0.15, -0.1) is 0 Å². The third kappa shape index (κ3) is 2.17. The van der Waals surface area contributed by atoms with Crippen molar-refractivity contribution in [2.45, 2.75) is 25.7 Å². The number of carbonyl (C=O) groups is 1. The van der Waals surface area contributed by atoms with E-state index in [1.54, 1.807) is 6.07 Å². The summed E-state index contributed by atoms with van der Waals surface area (Å²) in [6.07, 6.45) is 0.937. The quantitative estimate of drug-likeness (QED) is 0.846. The molecular weight excluding hydrogens is 309 g/mol. The monoisotopic (exact) mass is 321 g/mol. The topological polar surface area (TPSA) is 68.7 Å². The van der Waals surface area contributed by atoms with Crippen LogP contribution in [0.3, 0.4) is 0 Å². The van der Waals surface area contributed by atoms with Crippen LogP contribution in [0.25, 0.3) is 10.9 Å². The Morgan fingerprint density at radius 1 is 1.48 bits per heavy atom. The van der Waals surface area contributed by atoms with E-state index >= 15 is 0 Å². The highest BCUT2D eigenvalue weighted by molar-refractivity contribution is 6.45. The van der Waals surface area contributed by atoms with Gasteiger partial charge in [-0.3, -0.25) is 4.79 Å².